The fraction of sp³-hybridized carbons (Fsp3) is 0.500. The summed E-state index contributed by atoms with van der Waals surface area (Å²) in [5, 5.41) is 2.88. The van der Waals surface area contributed by atoms with Crippen LogP contribution in [0.5, 0.6) is 0 Å². The third-order valence-electron chi connectivity index (χ3n) is 3.10. The zero-order chi connectivity index (χ0) is 13.0. The number of hydrogen-bond donors (Lipinski definition) is 2. The van der Waals surface area contributed by atoms with Crippen LogP contribution in [0.4, 0.5) is 0 Å². The molecular formula is C14H21ClN2O2. The number of carbonyl (C=O) groups is 1. The molecule has 0 aliphatic heterocycles. The highest BCUT2D eigenvalue weighted by Gasteiger charge is 2.46. The molecule has 0 spiro atoms. The van der Waals surface area contributed by atoms with Crippen LogP contribution >= 0.6 is 12.4 Å². The molecule has 0 aromatic heterocycles. The smallest absolute Gasteiger partial charge is 0.240 e. The summed E-state index contributed by atoms with van der Waals surface area (Å²) in [6.07, 6.45) is 1.58. The number of rotatable bonds is 6. The second-order valence-electron chi connectivity index (χ2n) is 5.03. The standard InChI is InChI=1S/C14H20N2O2.ClH/c1-11(16-13(17)14(15)7-8-14)9-18-10-12-5-3-2-4-6-12;/h2-6,11H,7-10,15H2,1H3,(H,16,17);1H. The van der Waals surface area contributed by atoms with E-state index in [9.17, 15) is 4.79 Å². The minimum atomic E-state index is -0.603. The lowest BCUT2D eigenvalue weighted by Gasteiger charge is -2.17. The first-order valence-electron chi connectivity index (χ1n) is 6.32. The van der Waals surface area contributed by atoms with Gasteiger partial charge in [-0.25, -0.2) is 0 Å². The van der Waals surface area contributed by atoms with Crippen molar-refractivity contribution >= 4 is 18.3 Å². The second kappa shape index (κ2) is 6.89. The Morgan fingerprint density at radius 2 is 2.05 bits per heavy atom. The van der Waals surface area contributed by atoms with Crippen molar-refractivity contribution in [3.8, 4) is 0 Å². The van der Waals surface area contributed by atoms with Crippen LogP contribution in [0.15, 0.2) is 30.3 Å². The van der Waals surface area contributed by atoms with E-state index in [0.717, 1.165) is 18.4 Å². The predicted octanol–water partition coefficient (Wildman–Crippen LogP) is 1.62. The quantitative estimate of drug-likeness (QED) is 0.834. The maximum Gasteiger partial charge on any atom is 0.240 e. The van der Waals surface area contributed by atoms with Gasteiger partial charge in [0.2, 0.25) is 5.91 Å². The number of benzene rings is 1. The Balaban J connectivity index is 0.00000180. The normalized spacial score (nSPS) is 17.2. The summed E-state index contributed by atoms with van der Waals surface area (Å²) >= 11 is 0. The Hall–Kier alpha value is -1.10. The van der Waals surface area contributed by atoms with Crippen molar-refractivity contribution in [3.63, 3.8) is 0 Å². The fourth-order valence-electron chi connectivity index (χ4n) is 1.70. The van der Waals surface area contributed by atoms with Gasteiger partial charge in [0, 0.05) is 6.04 Å². The molecule has 2 rings (SSSR count). The molecule has 0 bridgehead atoms. The van der Waals surface area contributed by atoms with Crippen molar-refractivity contribution in [2.24, 2.45) is 5.73 Å². The molecule has 1 amide bonds. The lowest BCUT2D eigenvalue weighted by Crippen LogP contribution is -2.47. The molecule has 5 heteroatoms. The minimum Gasteiger partial charge on any atom is -0.375 e. The summed E-state index contributed by atoms with van der Waals surface area (Å²) in [7, 11) is 0. The molecular weight excluding hydrogens is 264 g/mol. The van der Waals surface area contributed by atoms with Gasteiger partial charge in [-0.1, -0.05) is 30.3 Å². The van der Waals surface area contributed by atoms with E-state index in [1.54, 1.807) is 0 Å². The van der Waals surface area contributed by atoms with E-state index < -0.39 is 5.54 Å². The maximum atomic E-state index is 11.7. The lowest BCUT2D eigenvalue weighted by molar-refractivity contribution is -0.124. The number of amides is 1. The molecule has 1 aromatic rings. The van der Waals surface area contributed by atoms with Crippen LogP contribution < -0.4 is 11.1 Å². The van der Waals surface area contributed by atoms with Gasteiger partial charge < -0.3 is 15.8 Å². The Morgan fingerprint density at radius 1 is 1.42 bits per heavy atom. The summed E-state index contributed by atoms with van der Waals surface area (Å²) in [5.41, 5.74) is 6.33. The molecule has 1 unspecified atom stereocenters. The van der Waals surface area contributed by atoms with Crippen molar-refractivity contribution < 1.29 is 9.53 Å². The average molecular weight is 285 g/mol. The minimum absolute atomic E-state index is 0. The first-order chi connectivity index (χ1) is 8.60. The third-order valence-corrected chi connectivity index (χ3v) is 3.10. The van der Waals surface area contributed by atoms with E-state index in [-0.39, 0.29) is 24.4 Å². The van der Waals surface area contributed by atoms with Gasteiger partial charge in [0.15, 0.2) is 0 Å². The molecule has 4 nitrogen and oxygen atoms in total. The SMILES string of the molecule is CC(COCc1ccccc1)NC(=O)C1(N)CC1.Cl. The van der Waals surface area contributed by atoms with Crippen LogP contribution in [0, 0.1) is 0 Å². The number of halogens is 1. The number of carbonyl (C=O) groups excluding carboxylic acids is 1. The van der Waals surface area contributed by atoms with Crippen LogP contribution in [0.2, 0.25) is 0 Å². The van der Waals surface area contributed by atoms with Crippen LogP contribution in [0.1, 0.15) is 25.3 Å². The van der Waals surface area contributed by atoms with Gasteiger partial charge in [0.05, 0.1) is 18.8 Å². The van der Waals surface area contributed by atoms with E-state index in [1.165, 1.54) is 0 Å². The van der Waals surface area contributed by atoms with E-state index in [0.29, 0.717) is 13.2 Å². The van der Waals surface area contributed by atoms with E-state index in [2.05, 4.69) is 5.32 Å². The first kappa shape index (κ1) is 16.0. The molecule has 1 atom stereocenters. The van der Waals surface area contributed by atoms with Crippen molar-refractivity contribution in [1.82, 2.24) is 5.32 Å². The van der Waals surface area contributed by atoms with Crippen LogP contribution in [-0.2, 0) is 16.1 Å². The van der Waals surface area contributed by atoms with Gasteiger partial charge in [-0.3, -0.25) is 4.79 Å². The Bertz CT molecular complexity index is 407. The molecule has 1 aliphatic rings. The number of hydrogen-bond acceptors (Lipinski definition) is 3. The van der Waals surface area contributed by atoms with E-state index in [4.69, 9.17) is 10.5 Å². The Morgan fingerprint density at radius 3 is 2.63 bits per heavy atom. The molecule has 1 aromatic carbocycles. The fourth-order valence-corrected chi connectivity index (χ4v) is 1.70. The van der Waals surface area contributed by atoms with Gasteiger partial charge in [0.25, 0.3) is 0 Å². The van der Waals surface area contributed by atoms with Gasteiger partial charge in [-0.05, 0) is 25.3 Å². The van der Waals surface area contributed by atoms with E-state index >= 15 is 0 Å². The topological polar surface area (TPSA) is 64.3 Å². The van der Waals surface area contributed by atoms with Crippen molar-refractivity contribution in [1.29, 1.82) is 0 Å². The van der Waals surface area contributed by atoms with Crippen molar-refractivity contribution in [2.75, 3.05) is 6.61 Å². The molecule has 1 aliphatic carbocycles. The highest BCUT2D eigenvalue weighted by molar-refractivity contribution is 5.89. The van der Waals surface area contributed by atoms with Gasteiger partial charge >= 0.3 is 0 Å². The zero-order valence-corrected chi connectivity index (χ0v) is 11.9. The molecule has 0 heterocycles. The second-order valence-corrected chi connectivity index (χ2v) is 5.03. The number of ether oxygens (including phenoxy) is 1. The summed E-state index contributed by atoms with van der Waals surface area (Å²) in [5.74, 6) is -0.0571. The van der Waals surface area contributed by atoms with Crippen LogP contribution in [0.25, 0.3) is 0 Å². The van der Waals surface area contributed by atoms with Crippen LogP contribution in [0.3, 0.4) is 0 Å². The number of nitrogens with one attached hydrogen (secondary N) is 1. The van der Waals surface area contributed by atoms with Crippen molar-refractivity contribution in [2.45, 2.75) is 38.0 Å². The Labute approximate surface area is 120 Å². The molecule has 0 radical (unpaired) electrons. The monoisotopic (exact) mass is 284 g/mol. The summed E-state index contributed by atoms with van der Waals surface area (Å²) < 4.78 is 5.56. The van der Waals surface area contributed by atoms with Gasteiger partial charge in [-0.2, -0.15) is 0 Å². The zero-order valence-electron chi connectivity index (χ0n) is 11.1. The lowest BCUT2D eigenvalue weighted by atomic mass is 10.2. The van der Waals surface area contributed by atoms with Crippen LogP contribution in [-0.4, -0.2) is 24.1 Å². The largest absolute Gasteiger partial charge is 0.375 e. The van der Waals surface area contributed by atoms with Crippen molar-refractivity contribution in [3.05, 3.63) is 35.9 Å². The summed E-state index contributed by atoms with van der Waals surface area (Å²) in [6, 6.07) is 9.96. The molecule has 19 heavy (non-hydrogen) atoms. The predicted molar refractivity (Wildman–Crippen MR) is 77.1 cm³/mol. The summed E-state index contributed by atoms with van der Waals surface area (Å²) in [6.45, 7) is 2.99. The highest BCUT2D eigenvalue weighted by Crippen LogP contribution is 2.32. The molecule has 1 saturated carbocycles. The number of nitrogens with two attached hydrogens (primary N) is 1. The molecule has 3 N–H and O–H groups in total. The average Bonchev–Trinajstić information content (AvgIpc) is 3.10. The molecule has 106 valence electrons. The third kappa shape index (κ3) is 4.82. The van der Waals surface area contributed by atoms with Gasteiger partial charge in [-0.15, -0.1) is 12.4 Å². The highest BCUT2D eigenvalue weighted by atomic mass is 35.5. The Kier molecular flexibility index (Phi) is 5.79. The summed E-state index contributed by atoms with van der Waals surface area (Å²) in [4.78, 5) is 11.7. The first-order valence-corrected chi connectivity index (χ1v) is 6.32. The molecule has 0 saturated heterocycles. The van der Waals surface area contributed by atoms with Gasteiger partial charge in [0.1, 0.15) is 0 Å². The maximum absolute atomic E-state index is 11.7. The molecule has 1 fully saturated rings. The van der Waals surface area contributed by atoms with E-state index in [1.807, 2.05) is 37.3 Å².